The smallest absolute Gasteiger partial charge is 0.350 e. The van der Waals surface area contributed by atoms with Crippen LogP contribution in [0, 0.1) is 0 Å². The summed E-state index contributed by atoms with van der Waals surface area (Å²) in [6.45, 7) is 2.49. The molecule has 0 aromatic rings. The first-order chi connectivity index (χ1) is 12.6. The van der Waals surface area contributed by atoms with Crippen LogP contribution in [0.1, 0.15) is 26.7 Å². The molecule has 0 fully saturated rings. The summed E-state index contributed by atoms with van der Waals surface area (Å²) in [6, 6.07) is 0. The maximum absolute atomic E-state index is 13.3. The molecule has 5 nitrogen and oxygen atoms in total. The van der Waals surface area contributed by atoms with Crippen LogP contribution in [0.15, 0.2) is 0 Å². The van der Waals surface area contributed by atoms with Crippen LogP contribution in [0.4, 0.5) is 39.5 Å². The molecule has 0 aliphatic carbocycles. The van der Waals surface area contributed by atoms with Gasteiger partial charge < -0.3 is 5.32 Å². The van der Waals surface area contributed by atoms with Crippen molar-refractivity contribution in [2.75, 3.05) is 17.3 Å². The molecule has 0 saturated carbocycles. The van der Waals surface area contributed by atoms with Gasteiger partial charge in [0, 0.05) is 18.6 Å². The third-order valence-electron chi connectivity index (χ3n) is 3.26. The Morgan fingerprint density at radius 2 is 1.41 bits per heavy atom. The van der Waals surface area contributed by atoms with Crippen molar-refractivity contribution in [2.24, 2.45) is 0 Å². The van der Waals surface area contributed by atoms with E-state index in [0.717, 1.165) is 0 Å². The number of halogens is 9. The number of alkyl halides is 9. The molecule has 0 aliphatic rings. The van der Waals surface area contributed by atoms with Crippen molar-refractivity contribution in [3.05, 3.63) is 0 Å². The van der Waals surface area contributed by atoms with Gasteiger partial charge in [0.05, 0.1) is 11.3 Å². The minimum absolute atomic E-state index is 0.300. The van der Waals surface area contributed by atoms with E-state index in [1.54, 1.807) is 0 Å². The predicted molar refractivity (Wildman–Crippen MR) is 86.1 cm³/mol. The standard InChI is InChI=1S/C13H18F9NO4S2/c1-9(2,7-29(25,26)27)23-8(24)3-5-28-6-4-10(14,15)11(16,17)12(18,19)13(20,21)22/h3-7H2,1-2H3,(H,23,24)(H,25,26,27). The molecule has 1 amide bonds. The third kappa shape index (κ3) is 8.03. The highest BCUT2D eigenvalue weighted by Gasteiger charge is 2.81. The summed E-state index contributed by atoms with van der Waals surface area (Å²) in [5.74, 6) is -22.2. The number of nitrogens with one attached hydrogen (secondary N) is 1. The second kappa shape index (κ2) is 9.08. The summed E-state index contributed by atoms with van der Waals surface area (Å²) in [7, 11) is -4.43. The van der Waals surface area contributed by atoms with Gasteiger partial charge in [-0.05, 0) is 19.6 Å². The maximum atomic E-state index is 13.3. The van der Waals surface area contributed by atoms with Crippen LogP contribution >= 0.6 is 11.8 Å². The molecule has 16 heteroatoms. The molecule has 0 heterocycles. The lowest BCUT2D eigenvalue weighted by Gasteiger charge is -2.33. The van der Waals surface area contributed by atoms with E-state index in [2.05, 4.69) is 5.32 Å². The van der Waals surface area contributed by atoms with Crippen molar-refractivity contribution in [1.29, 1.82) is 0 Å². The number of amides is 1. The first kappa shape index (κ1) is 28.1. The van der Waals surface area contributed by atoms with Crippen LogP contribution < -0.4 is 5.32 Å². The molecule has 29 heavy (non-hydrogen) atoms. The van der Waals surface area contributed by atoms with E-state index < -0.39 is 69.9 Å². The Balaban J connectivity index is 4.62. The molecule has 0 bridgehead atoms. The molecule has 0 aromatic carbocycles. The summed E-state index contributed by atoms with van der Waals surface area (Å²) in [5, 5.41) is 2.20. The van der Waals surface area contributed by atoms with E-state index in [4.69, 9.17) is 4.55 Å². The van der Waals surface area contributed by atoms with Gasteiger partial charge in [-0.2, -0.15) is 59.7 Å². The molecule has 0 saturated heterocycles. The fraction of sp³-hybridized carbons (Fsp3) is 0.923. The Kier molecular flexibility index (Phi) is 8.79. The van der Waals surface area contributed by atoms with E-state index in [-0.39, 0.29) is 5.75 Å². The van der Waals surface area contributed by atoms with Crippen LogP contribution in [0.2, 0.25) is 0 Å². The van der Waals surface area contributed by atoms with Crippen molar-refractivity contribution in [3.63, 3.8) is 0 Å². The Labute approximate surface area is 164 Å². The average molecular weight is 487 g/mol. The molecule has 174 valence electrons. The molecule has 0 aliphatic heterocycles. The number of carbonyl (C=O) groups is 1. The normalized spacial score (nSPS) is 14.8. The second-order valence-electron chi connectivity index (χ2n) is 6.62. The van der Waals surface area contributed by atoms with Crippen LogP contribution in [0.3, 0.4) is 0 Å². The Bertz CT molecular complexity index is 678. The van der Waals surface area contributed by atoms with Crippen molar-refractivity contribution in [1.82, 2.24) is 5.32 Å². The van der Waals surface area contributed by atoms with Gasteiger partial charge in [-0.1, -0.05) is 0 Å². The Morgan fingerprint density at radius 1 is 0.931 bits per heavy atom. The average Bonchev–Trinajstić information content (AvgIpc) is 2.41. The van der Waals surface area contributed by atoms with Crippen LogP contribution in [0.25, 0.3) is 0 Å². The number of hydrogen-bond acceptors (Lipinski definition) is 4. The molecule has 0 aromatic heterocycles. The Morgan fingerprint density at radius 3 is 1.83 bits per heavy atom. The number of thioether (sulfide) groups is 1. The largest absolute Gasteiger partial charge is 0.460 e. The highest BCUT2D eigenvalue weighted by molar-refractivity contribution is 7.99. The van der Waals surface area contributed by atoms with Gasteiger partial charge in [0.2, 0.25) is 5.91 Å². The van der Waals surface area contributed by atoms with Gasteiger partial charge >= 0.3 is 23.9 Å². The van der Waals surface area contributed by atoms with Gasteiger partial charge in [-0.25, -0.2) is 0 Å². The predicted octanol–water partition coefficient (Wildman–Crippen LogP) is 3.75. The highest BCUT2D eigenvalue weighted by Crippen LogP contribution is 2.54. The molecule has 0 spiro atoms. The minimum Gasteiger partial charge on any atom is -0.350 e. The SMILES string of the molecule is CC(C)(CS(=O)(=O)O)NC(=O)CCSCCC(F)(F)C(F)(F)C(F)(F)C(F)(F)F. The quantitative estimate of drug-likeness (QED) is 0.264. The van der Waals surface area contributed by atoms with E-state index >= 15 is 0 Å². The van der Waals surface area contributed by atoms with Gasteiger partial charge in [0.1, 0.15) is 0 Å². The fourth-order valence-electron chi connectivity index (χ4n) is 1.96. The van der Waals surface area contributed by atoms with Gasteiger partial charge in [0.15, 0.2) is 0 Å². The Hall–Kier alpha value is -0.900. The summed E-state index contributed by atoms with van der Waals surface area (Å²) < 4.78 is 144. The topological polar surface area (TPSA) is 83.5 Å². The van der Waals surface area contributed by atoms with Crippen molar-refractivity contribution in [2.45, 2.75) is 56.2 Å². The van der Waals surface area contributed by atoms with Gasteiger partial charge in [-0.15, -0.1) is 0 Å². The van der Waals surface area contributed by atoms with Crippen molar-refractivity contribution >= 4 is 27.8 Å². The zero-order valence-corrected chi connectivity index (χ0v) is 16.6. The van der Waals surface area contributed by atoms with Crippen LogP contribution in [-0.2, 0) is 14.9 Å². The number of rotatable bonds is 11. The monoisotopic (exact) mass is 487 g/mol. The second-order valence-corrected chi connectivity index (χ2v) is 9.30. The third-order valence-corrected chi connectivity index (χ3v) is 5.34. The molecule has 0 radical (unpaired) electrons. The van der Waals surface area contributed by atoms with E-state index in [1.165, 1.54) is 13.8 Å². The zero-order valence-electron chi connectivity index (χ0n) is 14.9. The summed E-state index contributed by atoms with van der Waals surface area (Å²) in [6.07, 6.45) is -9.31. The zero-order chi connectivity index (χ0) is 23.5. The molecule has 2 N–H and O–H groups in total. The first-order valence-electron chi connectivity index (χ1n) is 7.60. The lowest BCUT2D eigenvalue weighted by molar-refractivity contribution is -0.396. The molecular weight excluding hydrogens is 469 g/mol. The summed E-state index contributed by atoms with van der Waals surface area (Å²) in [5.41, 5.74) is -1.40. The van der Waals surface area contributed by atoms with E-state index in [1.807, 2.05) is 0 Å². The lowest BCUT2D eigenvalue weighted by atomic mass is 10.0. The van der Waals surface area contributed by atoms with Crippen LogP contribution in [-0.4, -0.2) is 65.6 Å². The number of carbonyl (C=O) groups excluding carboxylic acids is 1. The van der Waals surface area contributed by atoms with Gasteiger partial charge in [0.25, 0.3) is 10.1 Å². The van der Waals surface area contributed by atoms with Crippen molar-refractivity contribution in [3.8, 4) is 0 Å². The van der Waals surface area contributed by atoms with E-state index in [9.17, 15) is 52.7 Å². The fourth-order valence-corrected chi connectivity index (χ4v) is 3.88. The summed E-state index contributed by atoms with van der Waals surface area (Å²) >= 11 is 0.414. The van der Waals surface area contributed by atoms with Crippen LogP contribution in [0.5, 0.6) is 0 Å². The van der Waals surface area contributed by atoms with E-state index in [0.29, 0.717) is 11.8 Å². The summed E-state index contributed by atoms with van der Waals surface area (Å²) in [4.78, 5) is 11.6. The number of hydrogen-bond donors (Lipinski definition) is 2. The highest BCUT2D eigenvalue weighted by atomic mass is 32.2. The molecular formula is C13H18F9NO4S2. The maximum Gasteiger partial charge on any atom is 0.460 e. The van der Waals surface area contributed by atoms with Crippen molar-refractivity contribution < 1.29 is 57.3 Å². The first-order valence-corrected chi connectivity index (χ1v) is 10.4. The molecule has 0 rings (SSSR count). The molecule has 0 unspecified atom stereocenters. The minimum atomic E-state index is -6.94. The van der Waals surface area contributed by atoms with Gasteiger partial charge in [-0.3, -0.25) is 9.35 Å². The lowest BCUT2D eigenvalue weighted by Crippen LogP contribution is -2.60. The molecule has 0 atom stereocenters.